The summed E-state index contributed by atoms with van der Waals surface area (Å²) in [7, 11) is 1.86. The van der Waals surface area contributed by atoms with Crippen molar-refractivity contribution < 1.29 is 9.31 Å². The highest BCUT2D eigenvalue weighted by atomic mass is 19.1. The predicted molar refractivity (Wildman–Crippen MR) is 71.5 cm³/mol. The lowest BCUT2D eigenvalue weighted by atomic mass is 10.2. The van der Waals surface area contributed by atoms with Crippen molar-refractivity contribution in [3.63, 3.8) is 0 Å². The van der Waals surface area contributed by atoms with Crippen LogP contribution in [0, 0.1) is 22.9 Å². The third-order valence-corrected chi connectivity index (χ3v) is 3.13. The number of benzene rings is 1. The molecule has 1 N–H and O–H groups in total. The molecule has 2 rings (SSSR count). The van der Waals surface area contributed by atoms with Crippen LogP contribution in [-0.2, 0) is 20.1 Å². The molecule has 0 radical (unpaired) electrons. The minimum absolute atomic E-state index is 0.237. The van der Waals surface area contributed by atoms with Gasteiger partial charge in [0.15, 0.2) is 0 Å². The average molecular weight is 278 g/mol. The van der Waals surface area contributed by atoms with Crippen molar-refractivity contribution in [2.45, 2.75) is 20.0 Å². The average Bonchev–Trinajstić information content (AvgIpc) is 2.70. The van der Waals surface area contributed by atoms with Crippen LogP contribution in [0.5, 0.6) is 0 Å². The highest BCUT2D eigenvalue weighted by Crippen LogP contribution is 2.16. The number of halogens is 1. The van der Waals surface area contributed by atoms with E-state index in [2.05, 4.69) is 10.4 Å². The van der Waals surface area contributed by atoms with Gasteiger partial charge in [-0.05, 0) is 18.6 Å². The maximum Gasteiger partial charge on any atom is 0.272 e. The molecule has 0 aliphatic heterocycles. The Kier molecular flexibility index (Phi) is 4.09. The van der Waals surface area contributed by atoms with E-state index in [4.69, 9.17) is 0 Å². The quantitative estimate of drug-likeness (QED) is 0.671. The summed E-state index contributed by atoms with van der Waals surface area (Å²) in [6, 6.07) is 3.57. The fourth-order valence-electron chi connectivity index (χ4n) is 1.90. The Morgan fingerprint density at radius 1 is 1.40 bits per heavy atom. The Balaban J connectivity index is 2.01. The van der Waals surface area contributed by atoms with Gasteiger partial charge in [0.05, 0.1) is 17.2 Å². The van der Waals surface area contributed by atoms with Gasteiger partial charge >= 0.3 is 0 Å². The van der Waals surface area contributed by atoms with E-state index >= 15 is 0 Å². The zero-order valence-electron chi connectivity index (χ0n) is 11.3. The van der Waals surface area contributed by atoms with Crippen LogP contribution in [0.2, 0.25) is 0 Å². The minimum Gasteiger partial charge on any atom is -0.308 e. The third-order valence-electron chi connectivity index (χ3n) is 3.13. The Bertz CT molecular complexity index is 639. The first-order chi connectivity index (χ1) is 9.47. The predicted octanol–water partition coefficient (Wildman–Crippen LogP) is 2.07. The summed E-state index contributed by atoms with van der Waals surface area (Å²) >= 11 is 0. The van der Waals surface area contributed by atoms with Crippen LogP contribution in [0.15, 0.2) is 24.4 Å². The van der Waals surface area contributed by atoms with Gasteiger partial charge in [0.2, 0.25) is 0 Å². The zero-order valence-corrected chi connectivity index (χ0v) is 11.3. The van der Waals surface area contributed by atoms with Crippen molar-refractivity contribution in [3.8, 4) is 0 Å². The van der Waals surface area contributed by atoms with E-state index in [0.29, 0.717) is 18.7 Å². The van der Waals surface area contributed by atoms with Gasteiger partial charge in [-0.15, -0.1) is 0 Å². The molecular formula is C13H15FN4O2. The molecule has 20 heavy (non-hydrogen) atoms. The number of hydrogen-bond acceptors (Lipinski definition) is 4. The zero-order chi connectivity index (χ0) is 14.7. The number of nitrogens with zero attached hydrogens (tertiary/aromatic N) is 3. The maximum atomic E-state index is 13.3. The lowest BCUT2D eigenvalue weighted by Crippen LogP contribution is -2.13. The summed E-state index contributed by atoms with van der Waals surface area (Å²) in [5.41, 5.74) is 2.39. The second-order valence-corrected chi connectivity index (χ2v) is 4.56. The van der Waals surface area contributed by atoms with E-state index in [9.17, 15) is 14.5 Å². The van der Waals surface area contributed by atoms with E-state index < -0.39 is 10.7 Å². The molecule has 0 unspecified atom stereocenters. The number of nitro benzene ring substituents is 1. The number of nitrogens with one attached hydrogen (secondary N) is 1. The summed E-state index contributed by atoms with van der Waals surface area (Å²) in [4.78, 5) is 10.1. The number of non-ortho nitro benzene ring substituents is 1. The first-order valence-corrected chi connectivity index (χ1v) is 6.09. The van der Waals surface area contributed by atoms with E-state index in [1.807, 2.05) is 14.0 Å². The van der Waals surface area contributed by atoms with Crippen molar-refractivity contribution in [1.29, 1.82) is 0 Å². The van der Waals surface area contributed by atoms with Crippen molar-refractivity contribution in [3.05, 3.63) is 57.1 Å². The molecule has 0 aliphatic carbocycles. The molecule has 0 saturated carbocycles. The number of hydrogen-bond donors (Lipinski definition) is 1. The first kappa shape index (κ1) is 14.1. The third kappa shape index (κ3) is 3.18. The van der Waals surface area contributed by atoms with Gasteiger partial charge in [-0.25, -0.2) is 4.39 Å². The van der Waals surface area contributed by atoms with Crippen molar-refractivity contribution in [2.75, 3.05) is 0 Å². The van der Waals surface area contributed by atoms with E-state index in [0.717, 1.165) is 17.3 Å². The van der Waals surface area contributed by atoms with E-state index in [1.54, 1.807) is 10.9 Å². The molecule has 0 bridgehead atoms. The monoisotopic (exact) mass is 278 g/mol. The van der Waals surface area contributed by atoms with Crippen LogP contribution < -0.4 is 5.32 Å². The van der Waals surface area contributed by atoms with Crippen molar-refractivity contribution >= 4 is 5.69 Å². The molecule has 2 aromatic rings. The second kappa shape index (κ2) is 5.79. The Labute approximate surface area is 115 Å². The van der Waals surface area contributed by atoms with Gasteiger partial charge < -0.3 is 5.32 Å². The molecule has 0 saturated heterocycles. The van der Waals surface area contributed by atoms with Crippen molar-refractivity contribution in [1.82, 2.24) is 15.1 Å². The van der Waals surface area contributed by atoms with Crippen LogP contribution in [-0.4, -0.2) is 14.7 Å². The van der Waals surface area contributed by atoms with Gasteiger partial charge in [-0.3, -0.25) is 14.8 Å². The molecule has 0 atom stereocenters. The molecule has 1 aromatic heterocycles. The second-order valence-electron chi connectivity index (χ2n) is 4.56. The fourth-order valence-corrected chi connectivity index (χ4v) is 1.90. The van der Waals surface area contributed by atoms with E-state index in [-0.39, 0.29) is 5.69 Å². The van der Waals surface area contributed by atoms with Gasteiger partial charge in [-0.2, -0.15) is 5.10 Å². The molecule has 1 heterocycles. The first-order valence-electron chi connectivity index (χ1n) is 6.09. The highest BCUT2D eigenvalue weighted by Gasteiger charge is 2.10. The van der Waals surface area contributed by atoms with E-state index in [1.165, 1.54) is 12.1 Å². The van der Waals surface area contributed by atoms with Gasteiger partial charge in [-0.1, -0.05) is 0 Å². The fraction of sp³-hybridized carbons (Fsp3) is 0.308. The summed E-state index contributed by atoms with van der Waals surface area (Å²) in [5.74, 6) is -0.603. The summed E-state index contributed by atoms with van der Waals surface area (Å²) < 4.78 is 15.0. The molecule has 0 aliphatic rings. The molecule has 0 fully saturated rings. The maximum absolute atomic E-state index is 13.3. The van der Waals surface area contributed by atoms with Crippen molar-refractivity contribution in [2.24, 2.45) is 7.05 Å². The van der Waals surface area contributed by atoms with Gasteiger partial charge in [0.1, 0.15) is 5.82 Å². The number of rotatable bonds is 5. The molecule has 1 aromatic carbocycles. The number of aryl methyl sites for hydroxylation is 1. The lowest BCUT2D eigenvalue weighted by Gasteiger charge is -2.05. The molecule has 0 amide bonds. The van der Waals surface area contributed by atoms with Gasteiger partial charge in [0.25, 0.3) is 5.69 Å². The Hall–Kier alpha value is -2.28. The SMILES string of the molecule is Cc1c(CNCc2cc(F)cc([N+](=O)[O-])c2)cnn1C. The van der Waals surface area contributed by atoms with Crippen LogP contribution >= 0.6 is 0 Å². The van der Waals surface area contributed by atoms with Crippen LogP contribution in [0.4, 0.5) is 10.1 Å². The van der Waals surface area contributed by atoms with Crippen LogP contribution in [0.1, 0.15) is 16.8 Å². The molecule has 106 valence electrons. The lowest BCUT2D eigenvalue weighted by molar-refractivity contribution is -0.385. The smallest absolute Gasteiger partial charge is 0.272 e. The Morgan fingerprint density at radius 2 is 2.15 bits per heavy atom. The molecular weight excluding hydrogens is 263 g/mol. The van der Waals surface area contributed by atoms with Crippen LogP contribution in [0.3, 0.4) is 0 Å². The topological polar surface area (TPSA) is 73.0 Å². The Morgan fingerprint density at radius 3 is 2.75 bits per heavy atom. The minimum atomic E-state index is -0.603. The summed E-state index contributed by atoms with van der Waals surface area (Å²) in [5, 5.41) is 17.9. The molecule has 6 nitrogen and oxygen atoms in total. The van der Waals surface area contributed by atoms with Crippen LogP contribution in [0.25, 0.3) is 0 Å². The number of nitro groups is 1. The van der Waals surface area contributed by atoms with Gasteiger partial charge in [0, 0.05) is 37.5 Å². The number of aromatic nitrogens is 2. The summed E-state index contributed by atoms with van der Waals surface area (Å²) in [6.45, 7) is 2.88. The largest absolute Gasteiger partial charge is 0.308 e. The molecule has 7 heteroatoms. The standard InChI is InChI=1S/C13H15FN4O2/c1-9-11(8-16-17(9)2)7-15-6-10-3-12(14)5-13(4-10)18(19)20/h3-5,8,15H,6-7H2,1-2H3. The summed E-state index contributed by atoms with van der Waals surface area (Å²) in [6.07, 6.45) is 1.76. The molecule has 0 spiro atoms. The normalized spacial score (nSPS) is 10.8. The highest BCUT2D eigenvalue weighted by molar-refractivity contribution is 5.35.